The summed E-state index contributed by atoms with van der Waals surface area (Å²) in [4.78, 5) is 16.2. The smallest absolute Gasteiger partial charge is 0.298 e. The van der Waals surface area contributed by atoms with Crippen LogP contribution in [0, 0.1) is 6.92 Å². The fourth-order valence-corrected chi connectivity index (χ4v) is 2.60. The first-order valence-corrected chi connectivity index (χ1v) is 8.17. The van der Waals surface area contributed by atoms with Crippen LogP contribution in [0.2, 0.25) is 5.02 Å². The SMILES string of the molecule is Cc1ccc(NNC(=O)c2cccn2-c2ncc(C(F)(F)F)cc2Cl)cc1. The van der Waals surface area contributed by atoms with Gasteiger partial charge in [0, 0.05) is 12.4 Å². The first-order valence-electron chi connectivity index (χ1n) is 7.79. The van der Waals surface area contributed by atoms with Gasteiger partial charge >= 0.3 is 6.18 Å². The van der Waals surface area contributed by atoms with Crippen molar-refractivity contribution in [1.82, 2.24) is 15.0 Å². The lowest BCUT2D eigenvalue weighted by molar-refractivity contribution is -0.137. The zero-order valence-corrected chi connectivity index (χ0v) is 14.8. The zero-order valence-electron chi connectivity index (χ0n) is 14.0. The molecule has 2 N–H and O–H groups in total. The van der Waals surface area contributed by atoms with E-state index in [4.69, 9.17) is 11.6 Å². The van der Waals surface area contributed by atoms with Crippen molar-refractivity contribution < 1.29 is 18.0 Å². The summed E-state index contributed by atoms with van der Waals surface area (Å²) in [6.07, 6.45) is -2.39. The number of anilines is 1. The monoisotopic (exact) mass is 394 g/mol. The van der Waals surface area contributed by atoms with E-state index in [-0.39, 0.29) is 16.5 Å². The molecule has 0 saturated carbocycles. The molecular weight excluding hydrogens is 381 g/mol. The number of aromatic nitrogens is 2. The molecule has 0 saturated heterocycles. The molecule has 0 spiro atoms. The van der Waals surface area contributed by atoms with Crippen molar-refractivity contribution in [2.45, 2.75) is 13.1 Å². The molecule has 5 nitrogen and oxygen atoms in total. The second-order valence-corrected chi connectivity index (χ2v) is 6.14. The third kappa shape index (κ3) is 4.22. The second-order valence-electron chi connectivity index (χ2n) is 5.74. The molecule has 3 rings (SSSR count). The number of halogens is 4. The number of alkyl halides is 3. The van der Waals surface area contributed by atoms with E-state index in [2.05, 4.69) is 15.8 Å². The van der Waals surface area contributed by atoms with Crippen molar-refractivity contribution in [3.8, 4) is 5.82 Å². The molecule has 0 bridgehead atoms. The van der Waals surface area contributed by atoms with Gasteiger partial charge in [-0.2, -0.15) is 13.2 Å². The van der Waals surface area contributed by atoms with E-state index in [0.29, 0.717) is 11.9 Å². The Kier molecular flexibility index (Phi) is 5.09. The number of aryl methyl sites for hydroxylation is 1. The van der Waals surface area contributed by atoms with Gasteiger partial charge in [-0.15, -0.1) is 0 Å². The summed E-state index contributed by atoms with van der Waals surface area (Å²) in [7, 11) is 0. The molecule has 0 aliphatic carbocycles. The lowest BCUT2D eigenvalue weighted by Gasteiger charge is -2.13. The van der Waals surface area contributed by atoms with Gasteiger partial charge in [-0.25, -0.2) is 4.98 Å². The number of benzene rings is 1. The van der Waals surface area contributed by atoms with Crippen LogP contribution in [0.25, 0.3) is 5.82 Å². The molecule has 9 heteroatoms. The van der Waals surface area contributed by atoms with E-state index in [0.717, 1.165) is 11.6 Å². The number of nitrogens with one attached hydrogen (secondary N) is 2. The maximum Gasteiger partial charge on any atom is 0.417 e. The lowest BCUT2D eigenvalue weighted by atomic mass is 10.2. The topological polar surface area (TPSA) is 58.9 Å². The van der Waals surface area contributed by atoms with Crippen LogP contribution in [-0.4, -0.2) is 15.5 Å². The largest absolute Gasteiger partial charge is 0.417 e. The number of rotatable bonds is 4. The minimum absolute atomic E-state index is 0.0233. The summed E-state index contributed by atoms with van der Waals surface area (Å²) in [6.45, 7) is 1.94. The summed E-state index contributed by atoms with van der Waals surface area (Å²) in [5, 5.41) is -0.221. The van der Waals surface area contributed by atoms with Crippen molar-refractivity contribution in [2.75, 3.05) is 5.43 Å². The highest BCUT2D eigenvalue weighted by Gasteiger charge is 2.32. The van der Waals surface area contributed by atoms with Crippen LogP contribution in [0.5, 0.6) is 0 Å². The van der Waals surface area contributed by atoms with Gasteiger partial charge in [0.25, 0.3) is 5.91 Å². The molecule has 2 aromatic heterocycles. The molecule has 0 radical (unpaired) electrons. The Labute approximate surface area is 157 Å². The van der Waals surface area contributed by atoms with E-state index in [9.17, 15) is 18.0 Å². The Bertz CT molecular complexity index is 967. The van der Waals surface area contributed by atoms with Gasteiger partial charge in [0.15, 0.2) is 5.82 Å². The average molecular weight is 395 g/mol. The van der Waals surface area contributed by atoms with E-state index < -0.39 is 17.6 Å². The first-order chi connectivity index (χ1) is 12.8. The predicted molar refractivity (Wildman–Crippen MR) is 95.8 cm³/mol. The highest BCUT2D eigenvalue weighted by molar-refractivity contribution is 6.32. The number of nitrogens with zero attached hydrogens (tertiary/aromatic N) is 2. The third-order valence-electron chi connectivity index (χ3n) is 3.73. The molecular formula is C18H14ClF3N4O. The molecule has 2 heterocycles. The van der Waals surface area contributed by atoms with Gasteiger partial charge in [-0.3, -0.25) is 20.2 Å². The van der Waals surface area contributed by atoms with E-state index in [1.165, 1.54) is 16.8 Å². The van der Waals surface area contributed by atoms with Crippen LogP contribution in [-0.2, 0) is 6.18 Å². The second kappa shape index (κ2) is 7.32. The van der Waals surface area contributed by atoms with Crippen molar-refractivity contribution in [3.63, 3.8) is 0 Å². The van der Waals surface area contributed by atoms with Crippen LogP contribution >= 0.6 is 11.6 Å². The Morgan fingerprint density at radius 3 is 2.52 bits per heavy atom. The predicted octanol–water partition coefficient (Wildman–Crippen LogP) is 4.61. The fraction of sp³-hybridized carbons (Fsp3) is 0.111. The number of pyridine rings is 1. The molecule has 140 valence electrons. The molecule has 0 aliphatic rings. The maximum absolute atomic E-state index is 12.8. The van der Waals surface area contributed by atoms with Crippen LogP contribution in [0.1, 0.15) is 21.6 Å². The van der Waals surface area contributed by atoms with Crippen molar-refractivity contribution in [3.05, 3.63) is 76.7 Å². The zero-order chi connectivity index (χ0) is 19.6. The minimum Gasteiger partial charge on any atom is -0.298 e. The average Bonchev–Trinajstić information content (AvgIpc) is 3.09. The summed E-state index contributed by atoms with van der Waals surface area (Å²) in [5.41, 5.74) is 6.24. The quantitative estimate of drug-likeness (QED) is 0.635. The van der Waals surface area contributed by atoms with Crippen molar-refractivity contribution in [1.29, 1.82) is 0 Å². The normalized spacial score (nSPS) is 11.3. The van der Waals surface area contributed by atoms with Gasteiger partial charge in [0.2, 0.25) is 0 Å². The molecule has 3 aromatic rings. The van der Waals surface area contributed by atoms with Crippen molar-refractivity contribution >= 4 is 23.2 Å². The van der Waals surface area contributed by atoms with E-state index in [1.807, 2.05) is 19.1 Å². The van der Waals surface area contributed by atoms with E-state index in [1.54, 1.807) is 18.2 Å². The standard InChI is InChI=1S/C18H14ClF3N4O/c1-11-4-6-13(7-5-11)24-25-17(27)15-3-2-8-26(15)16-14(19)9-12(10-23-16)18(20,21)22/h2-10,24H,1H3,(H,25,27). The summed E-state index contributed by atoms with van der Waals surface area (Å²) < 4.78 is 39.6. The molecule has 1 aromatic carbocycles. The number of carbonyl (C=O) groups excluding carboxylic acids is 1. The van der Waals surface area contributed by atoms with Crippen LogP contribution in [0.3, 0.4) is 0 Å². The van der Waals surface area contributed by atoms with Gasteiger partial charge in [-0.05, 0) is 37.3 Å². The third-order valence-corrected chi connectivity index (χ3v) is 4.01. The minimum atomic E-state index is -4.55. The van der Waals surface area contributed by atoms with Gasteiger partial charge in [0.1, 0.15) is 5.69 Å². The van der Waals surface area contributed by atoms with Crippen LogP contribution in [0.15, 0.2) is 54.9 Å². The highest BCUT2D eigenvalue weighted by Crippen LogP contribution is 2.32. The molecule has 0 fully saturated rings. The Morgan fingerprint density at radius 2 is 1.89 bits per heavy atom. The molecule has 0 unspecified atom stereocenters. The highest BCUT2D eigenvalue weighted by atomic mass is 35.5. The maximum atomic E-state index is 12.8. The van der Waals surface area contributed by atoms with E-state index >= 15 is 0 Å². The number of hydrogen-bond donors (Lipinski definition) is 2. The van der Waals surface area contributed by atoms with Gasteiger partial charge in [0.05, 0.1) is 16.3 Å². The van der Waals surface area contributed by atoms with Crippen molar-refractivity contribution in [2.24, 2.45) is 0 Å². The number of carbonyl (C=O) groups is 1. The first kappa shape index (κ1) is 18.8. The summed E-state index contributed by atoms with van der Waals surface area (Å²) in [6, 6.07) is 11.2. The number of hydrogen-bond acceptors (Lipinski definition) is 3. The Hall–Kier alpha value is -3.00. The molecule has 1 amide bonds. The lowest BCUT2D eigenvalue weighted by Crippen LogP contribution is -2.31. The summed E-state index contributed by atoms with van der Waals surface area (Å²) in [5.74, 6) is -0.478. The molecule has 0 atom stereocenters. The molecule has 0 aliphatic heterocycles. The number of hydrazine groups is 1. The van der Waals surface area contributed by atoms with Crippen LogP contribution in [0.4, 0.5) is 18.9 Å². The Morgan fingerprint density at radius 1 is 1.19 bits per heavy atom. The Balaban J connectivity index is 1.81. The fourth-order valence-electron chi connectivity index (χ4n) is 2.34. The number of amides is 1. The summed E-state index contributed by atoms with van der Waals surface area (Å²) >= 11 is 5.96. The van der Waals surface area contributed by atoms with Gasteiger partial charge < -0.3 is 0 Å². The van der Waals surface area contributed by atoms with Crippen LogP contribution < -0.4 is 10.9 Å². The molecule has 27 heavy (non-hydrogen) atoms. The van der Waals surface area contributed by atoms with Gasteiger partial charge in [-0.1, -0.05) is 29.3 Å².